The number of hydrogen-bond donors (Lipinski definition) is 1. The van der Waals surface area contributed by atoms with Crippen LogP contribution in [0, 0.1) is 6.57 Å². The number of benzene rings is 1. The van der Waals surface area contributed by atoms with Crippen molar-refractivity contribution in [3.63, 3.8) is 0 Å². The predicted molar refractivity (Wildman–Crippen MR) is 104 cm³/mol. The molecule has 3 heterocycles. The van der Waals surface area contributed by atoms with Crippen LogP contribution in [0.2, 0.25) is 10.0 Å². The van der Waals surface area contributed by atoms with Gasteiger partial charge in [0.15, 0.2) is 5.82 Å². The average Bonchev–Trinajstić information content (AvgIpc) is 3.30. The standard InChI is InChI=1S/C17H13Cl2N5OS/c1-20-14-13(11-3-2-10(18)8-12(11)19)15(16-21-9-22-23-16)26-17(14)24-4-6-25-7-5-24/h2-3,8-9H,4-7H2,(H,21,22,23). The summed E-state index contributed by atoms with van der Waals surface area (Å²) >= 11 is 14.0. The minimum atomic E-state index is 0.495. The molecule has 0 aliphatic carbocycles. The van der Waals surface area contributed by atoms with Crippen LogP contribution in [-0.4, -0.2) is 41.5 Å². The fourth-order valence-corrected chi connectivity index (χ4v) is 4.67. The van der Waals surface area contributed by atoms with Crippen molar-refractivity contribution in [1.29, 1.82) is 0 Å². The van der Waals surface area contributed by atoms with Crippen LogP contribution in [0.3, 0.4) is 0 Å². The lowest BCUT2D eigenvalue weighted by Crippen LogP contribution is -2.35. The van der Waals surface area contributed by atoms with Gasteiger partial charge in [-0.15, -0.1) is 11.3 Å². The SMILES string of the molecule is [C-]#[N+]c1c(N2CCOCC2)sc(-c2ncn[nH]2)c1-c1ccc(Cl)cc1Cl. The Morgan fingerprint density at radius 1 is 1.27 bits per heavy atom. The number of halogens is 2. The average molecular weight is 406 g/mol. The molecule has 1 aliphatic rings. The lowest BCUT2D eigenvalue weighted by Gasteiger charge is -2.28. The summed E-state index contributed by atoms with van der Waals surface area (Å²) in [4.78, 5) is 11.1. The van der Waals surface area contributed by atoms with Crippen molar-refractivity contribution in [3.05, 3.63) is 46.0 Å². The van der Waals surface area contributed by atoms with Gasteiger partial charge in [0, 0.05) is 28.7 Å². The molecule has 1 aliphatic heterocycles. The molecule has 1 saturated heterocycles. The van der Waals surface area contributed by atoms with E-state index >= 15 is 0 Å². The van der Waals surface area contributed by atoms with E-state index in [0.717, 1.165) is 34.1 Å². The van der Waals surface area contributed by atoms with Crippen LogP contribution in [0.15, 0.2) is 24.5 Å². The van der Waals surface area contributed by atoms with Crippen molar-refractivity contribution in [2.45, 2.75) is 0 Å². The smallest absolute Gasteiger partial charge is 0.229 e. The third-order valence-corrected chi connectivity index (χ3v) is 5.90. The summed E-state index contributed by atoms with van der Waals surface area (Å²) in [5.74, 6) is 0.612. The number of ether oxygens (including phenoxy) is 1. The highest BCUT2D eigenvalue weighted by Crippen LogP contribution is 2.53. The van der Waals surface area contributed by atoms with Crippen molar-refractivity contribution in [1.82, 2.24) is 15.2 Å². The van der Waals surface area contributed by atoms with E-state index in [1.165, 1.54) is 17.7 Å². The van der Waals surface area contributed by atoms with E-state index in [1.807, 2.05) is 6.07 Å². The number of rotatable bonds is 3. The summed E-state index contributed by atoms with van der Waals surface area (Å²) in [7, 11) is 0. The molecule has 0 bridgehead atoms. The molecule has 1 fully saturated rings. The van der Waals surface area contributed by atoms with Gasteiger partial charge < -0.3 is 9.64 Å². The Labute approximate surface area is 164 Å². The molecule has 0 amide bonds. The largest absolute Gasteiger partial charge is 0.378 e. The second-order valence-electron chi connectivity index (χ2n) is 5.63. The number of thiophene rings is 1. The first kappa shape index (κ1) is 17.3. The number of nitrogens with one attached hydrogen (secondary N) is 1. The molecular weight excluding hydrogens is 393 g/mol. The molecule has 4 rings (SSSR count). The molecule has 0 unspecified atom stereocenters. The predicted octanol–water partition coefficient (Wildman–Crippen LogP) is 4.89. The highest BCUT2D eigenvalue weighted by atomic mass is 35.5. The van der Waals surface area contributed by atoms with Gasteiger partial charge in [0.1, 0.15) is 6.33 Å². The van der Waals surface area contributed by atoms with Gasteiger partial charge in [0.2, 0.25) is 5.69 Å². The molecule has 0 radical (unpaired) electrons. The molecule has 132 valence electrons. The minimum absolute atomic E-state index is 0.495. The van der Waals surface area contributed by atoms with Crippen LogP contribution in [0.25, 0.3) is 26.7 Å². The molecule has 26 heavy (non-hydrogen) atoms. The number of hydrogen-bond acceptors (Lipinski definition) is 5. The van der Waals surface area contributed by atoms with Crippen LogP contribution in [-0.2, 0) is 4.74 Å². The Bertz CT molecular complexity index is 974. The highest BCUT2D eigenvalue weighted by Gasteiger charge is 2.27. The normalized spacial score (nSPS) is 14.4. The number of nitrogens with zero attached hydrogens (tertiary/aromatic N) is 4. The maximum atomic E-state index is 7.80. The summed E-state index contributed by atoms with van der Waals surface area (Å²) in [6, 6.07) is 5.29. The van der Waals surface area contributed by atoms with Gasteiger partial charge in [0.05, 0.1) is 29.7 Å². The number of aromatic amines is 1. The first-order chi connectivity index (χ1) is 12.7. The summed E-state index contributed by atoms with van der Waals surface area (Å²) < 4.78 is 5.44. The highest BCUT2D eigenvalue weighted by molar-refractivity contribution is 7.20. The maximum Gasteiger partial charge on any atom is 0.229 e. The van der Waals surface area contributed by atoms with Crippen LogP contribution in [0.4, 0.5) is 10.7 Å². The zero-order valence-corrected chi connectivity index (χ0v) is 15.8. The van der Waals surface area contributed by atoms with E-state index in [1.54, 1.807) is 12.1 Å². The topological polar surface area (TPSA) is 58.4 Å². The third-order valence-electron chi connectivity index (χ3n) is 4.11. The molecule has 9 heteroatoms. The second kappa shape index (κ2) is 7.25. The number of H-pyrrole nitrogens is 1. The first-order valence-electron chi connectivity index (χ1n) is 7.87. The van der Waals surface area contributed by atoms with Crippen molar-refractivity contribution >= 4 is 45.2 Å². The molecule has 6 nitrogen and oxygen atoms in total. The monoisotopic (exact) mass is 405 g/mol. The summed E-state index contributed by atoms with van der Waals surface area (Å²) in [6.07, 6.45) is 1.45. The van der Waals surface area contributed by atoms with Crippen molar-refractivity contribution in [2.24, 2.45) is 0 Å². The Kier molecular flexibility index (Phi) is 4.83. The molecule has 1 aromatic carbocycles. The van der Waals surface area contributed by atoms with E-state index in [0.29, 0.717) is 34.8 Å². The van der Waals surface area contributed by atoms with Crippen LogP contribution in [0.5, 0.6) is 0 Å². The van der Waals surface area contributed by atoms with Gasteiger partial charge in [-0.3, -0.25) is 5.10 Å². The summed E-state index contributed by atoms with van der Waals surface area (Å²) in [6.45, 7) is 10.6. The maximum absolute atomic E-state index is 7.80. The van der Waals surface area contributed by atoms with Crippen molar-refractivity contribution in [3.8, 4) is 21.8 Å². The van der Waals surface area contributed by atoms with Gasteiger partial charge in [0.25, 0.3) is 0 Å². The Balaban J connectivity index is 1.95. The Morgan fingerprint density at radius 2 is 2.08 bits per heavy atom. The number of aromatic nitrogens is 3. The zero-order chi connectivity index (χ0) is 18.1. The quantitative estimate of drug-likeness (QED) is 0.629. The Hall–Kier alpha value is -2.11. The molecule has 2 aromatic heterocycles. The fraction of sp³-hybridized carbons (Fsp3) is 0.235. The van der Waals surface area contributed by atoms with Crippen LogP contribution < -0.4 is 4.90 Å². The van der Waals surface area contributed by atoms with Gasteiger partial charge in [-0.25, -0.2) is 9.83 Å². The van der Waals surface area contributed by atoms with Gasteiger partial charge in [-0.05, 0) is 17.7 Å². The lowest BCUT2D eigenvalue weighted by atomic mass is 10.0. The lowest BCUT2D eigenvalue weighted by molar-refractivity contribution is 0.123. The fourth-order valence-electron chi connectivity index (χ4n) is 2.92. The molecule has 0 spiro atoms. The van der Waals surface area contributed by atoms with E-state index in [9.17, 15) is 0 Å². The van der Waals surface area contributed by atoms with Crippen LogP contribution >= 0.6 is 34.5 Å². The molecular formula is C17H13Cl2N5OS. The Morgan fingerprint density at radius 3 is 2.73 bits per heavy atom. The summed E-state index contributed by atoms with van der Waals surface area (Å²) in [5.41, 5.74) is 2.07. The summed E-state index contributed by atoms with van der Waals surface area (Å²) in [5, 5.41) is 8.79. The van der Waals surface area contributed by atoms with Crippen molar-refractivity contribution in [2.75, 3.05) is 31.2 Å². The van der Waals surface area contributed by atoms with E-state index in [-0.39, 0.29) is 0 Å². The van der Waals surface area contributed by atoms with E-state index in [4.69, 9.17) is 34.5 Å². The minimum Gasteiger partial charge on any atom is -0.378 e. The third kappa shape index (κ3) is 3.06. The van der Waals surface area contributed by atoms with Crippen molar-refractivity contribution < 1.29 is 4.74 Å². The van der Waals surface area contributed by atoms with Crippen LogP contribution in [0.1, 0.15) is 0 Å². The molecule has 3 aromatic rings. The van der Waals surface area contributed by atoms with Gasteiger partial charge >= 0.3 is 0 Å². The number of morpholine rings is 1. The van der Waals surface area contributed by atoms with Gasteiger partial charge in [-0.1, -0.05) is 29.3 Å². The molecule has 0 atom stereocenters. The first-order valence-corrected chi connectivity index (χ1v) is 9.44. The second-order valence-corrected chi connectivity index (χ2v) is 7.47. The van der Waals surface area contributed by atoms with E-state index in [2.05, 4.69) is 24.9 Å². The van der Waals surface area contributed by atoms with E-state index < -0.39 is 0 Å². The molecule has 0 saturated carbocycles. The molecule has 1 N–H and O–H groups in total. The number of anilines is 1. The zero-order valence-electron chi connectivity index (χ0n) is 13.5. The van der Waals surface area contributed by atoms with Gasteiger partial charge in [-0.2, -0.15) is 5.10 Å².